The summed E-state index contributed by atoms with van der Waals surface area (Å²) < 4.78 is 49.8. The van der Waals surface area contributed by atoms with Gasteiger partial charge in [0, 0.05) is 18.0 Å². The summed E-state index contributed by atoms with van der Waals surface area (Å²) in [7, 11) is -3.63. The molecule has 0 saturated heterocycles. The Balaban J connectivity index is 0.00000121. The maximum absolute atomic E-state index is 11.8. The second-order valence-corrected chi connectivity index (χ2v) is 4.69. The molecule has 1 aromatic rings. The van der Waals surface area contributed by atoms with Crippen LogP contribution in [0.25, 0.3) is 0 Å². The van der Waals surface area contributed by atoms with Gasteiger partial charge in [-0.15, -0.1) is 0 Å². The third-order valence-electron chi connectivity index (χ3n) is 1.35. The van der Waals surface area contributed by atoms with Crippen molar-refractivity contribution in [1.82, 2.24) is 9.97 Å². The van der Waals surface area contributed by atoms with Gasteiger partial charge in [-0.2, -0.15) is 13.8 Å². The van der Waals surface area contributed by atoms with E-state index in [1.807, 2.05) is 13.8 Å². The van der Waals surface area contributed by atoms with Crippen LogP contribution < -0.4 is 4.74 Å². The van der Waals surface area contributed by atoms with E-state index in [4.69, 9.17) is 0 Å². The first-order valence-electron chi connectivity index (χ1n) is 4.79. The van der Waals surface area contributed by atoms with Crippen LogP contribution >= 0.6 is 0 Å². The summed E-state index contributed by atoms with van der Waals surface area (Å²) in [6, 6.07) is 1.13. The lowest BCUT2D eigenvalue weighted by molar-refractivity contribution is -0.0534. The van der Waals surface area contributed by atoms with Crippen LogP contribution in [-0.2, 0) is 9.84 Å². The van der Waals surface area contributed by atoms with Crippen molar-refractivity contribution in [1.29, 1.82) is 0 Å². The molecular weight excluding hydrogens is 254 g/mol. The molecule has 1 heterocycles. The van der Waals surface area contributed by atoms with E-state index in [9.17, 15) is 17.2 Å². The van der Waals surface area contributed by atoms with E-state index in [0.29, 0.717) is 0 Å². The lowest BCUT2D eigenvalue weighted by atomic mass is 10.4. The average molecular weight is 268 g/mol. The fraction of sp³-hybridized carbons (Fsp3) is 0.556. The summed E-state index contributed by atoms with van der Waals surface area (Å²) in [5, 5.41) is -0.529. The fourth-order valence-corrected chi connectivity index (χ4v) is 1.40. The van der Waals surface area contributed by atoms with E-state index in [0.717, 1.165) is 12.3 Å². The van der Waals surface area contributed by atoms with Crippen molar-refractivity contribution in [2.45, 2.75) is 32.5 Å². The van der Waals surface area contributed by atoms with Gasteiger partial charge in [-0.3, -0.25) is 0 Å². The number of alkyl halides is 2. The maximum Gasteiger partial charge on any atom is 0.388 e. The highest BCUT2D eigenvalue weighted by Crippen LogP contribution is 2.14. The largest absolute Gasteiger partial charge is 0.417 e. The summed E-state index contributed by atoms with van der Waals surface area (Å²) in [5.74, 6) is -0.460. The Labute approximate surface area is 98.8 Å². The minimum absolute atomic E-state index is 0.237. The predicted octanol–water partition coefficient (Wildman–Crippen LogP) is 1.82. The first kappa shape index (κ1) is 15.7. The third-order valence-corrected chi connectivity index (χ3v) is 2.20. The molecule has 0 unspecified atom stereocenters. The molecule has 0 spiro atoms. The lowest BCUT2D eigenvalue weighted by Crippen LogP contribution is -2.09. The number of halogens is 2. The summed E-state index contributed by atoms with van der Waals surface area (Å²) in [6.45, 7) is 2.40. The van der Waals surface area contributed by atoms with Gasteiger partial charge in [-0.1, -0.05) is 13.8 Å². The molecule has 0 saturated carbocycles. The normalized spacial score (nSPS) is 10.8. The van der Waals surface area contributed by atoms with Crippen LogP contribution in [0.3, 0.4) is 0 Å². The van der Waals surface area contributed by atoms with E-state index >= 15 is 0 Å². The molecule has 0 N–H and O–H groups in total. The molecule has 0 amide bonds. The number of rotatable bonds is 3. The molecule has 0 atom stereocenters. The van der Waals surface area contributed by atoms with Crippen molar-refractivity contribution in [2.24, 2.45) is 0 Å². The minimum Gasteiger partial charge on any atom is -0.417 e. The number of nitrogens with zero attached hydrogens (tertiary/aromatic N) is 2. The molecule has 5 nitrogen and oxygen atoms in total. The molecule has 8 heteroatoms. The van der Waals surface area contributed by atoms with Crippen LogP contribution in [0.15, 0.2) is 11.2 Å². The van der Waals surface area contributed by atoms with E-state index < -0.39 is 27.5 Å². The van der Waals surface area contributed by atoms with Crippen molar-refractivity contribution < 1.29 is 21.9 Å². The number of aryl methyl sites for hydroxylation is 1. The summed E-state index contributed by atoms with van der Waals surface area (Å²) in [4.78, 5) is 6.93. The SMILES string of the molecule is CC.Cc1cc(OC(F)F)nc(S(C)(=O)=O)n1. The molecule has 0 bridgehead atoms. The van der Waals surface area contributed by atoms with E-state index in [2.05, 4.69) is 14.7 Å². The molecule has 0 aliphatic heterocycles. The third kappa shape index (κ3) is 5.53. The fourth-order valence-electron chi connectivity index (χ4n) is 0.831. The van der Waals surface area contributed by atoms with Gasteiger partial charge in [0.25, 0.3) is 0 Å². The molecule has 1 aromatic heterocycles. The Kier molecular flexibility index (Phi) is 5.94. The van der Waals surface area contributed by atoms with Crippen LogP contribution in [0.2, 0.25) is 0 Å². The Bertz CT molecular complexity index is 463. The number of sulfone groups is 1. The maximum atomic E-state index is 11.8. The molecule has 0 radical (unpaired) electrons. The molecule has 0 aliphatic carbocycles. The quantitative estimate of drug-likeness (QED) is 0.782. The van der Waals surface area contributed by atoms with Gasteiger partial charge in [0.2, 0.25) is 20.9 Å². The molecule has 98 valence electrons. The molecule has 1 rings (SSSR count). The summed E-state index contributed by atoms with van der Waals surface area (Å²) in [6.07, 6.45) is 0.883. The molecular formula is C9H14F2N2O3S. The predicted molar refractivity (Wildman–Crippen MR) is 57.9 cm³/mol. The Morgan fingerprint density at radius 2 is 1.82 bits per heavy atom. The zero-order valence-corrected chi connectivity index (χ0v) is 10.8. The highest BCUT2D eigenvalue weighted by Gasteiger charge is 2.15. The minimum atomic E-state index is -3.63. The van der Waals surface area contributed by atoms with Crippen LogP contribution in [0.4, 0.5) is 8.78 Å². The van der Waals surface area contributed by atoms with Crippen molar-refractivity contribution >= 4 is 9.84 Å². The monoisotopic (exact) mass is 268 g/mol. The topological polar surface area (TPSA) is 69.2 Å². The van der Waals surface area contributed by atoms with Gasteiger partial charge in [0.05, 0.1) is 0 Å². The first-order valence-corrected chi connectivity index (χ1v) is 6.69. The van der Waals surface area contributed by atoms with Gasteiger partial charge in [0.1, 0.15) is 0 Å². The van der Waals surface area contributed by atoms with Crippen molar-refractivity contribution in [2.75, 3.05) is 6.26 Å². The number of ether oxygens (including phenoxy) is 1. The van der Waals surface area contributed by atoms with Crippen LogP contribution in [-0.4, -0.2) is 31.3 Å². The number of aromatic nitrogens is 2. The highest BCUT2D eigenvalue weighted by atomic mass is 32.2. The van der Waals surface area contributed by atoms with Crippen LogP contribution in [0.5, 0.6) is 5.88 Å². The molecule has 17 heavy (non-hydrogen) atoms. The Hall–Kier alpha value is -1.31. The second kappa shape index (κ2) is 6.43. The van der Waals surface area contributed by atoms with Gasteiger partial charge in [-0.25, -0.2) is 13.4 Å². The lowest BCUT2D eigenvalue weighted by Gasteiger charge is -2.05. The zero-order valence-electron chi connectivity index (χ0n) is 9.94. The van der Waals surface area contributed by atoms with E-state index in [1.54, 1.807) is 0 Å². The molecule has 0 aromatic carbocycles. The zero-order chi connectivity index (χ0) is 13.6. The van der Waals surface area contributed by atoms with Gasteiger partial charge < -0.3 is 4.74 Å². The molecule has 0 fully saturated rings. The Morgan fingerprint density at radius 1 is 1.29 bits per heavy atom. The van der Waals surface area contributed by atoms with E-state index in [-0.39, 0.29) is 5.69 Å². The highest BCUT2D eigenvalue weighted by molar-refractivity contribution is 7.90. The average Bonchev–Trinajstić information content (AvgIpc) is 2.17. The Morgan fingerprint density at radius 3 is 2.24 bits per heavy atom. The van der Waals surface area contributed by atoms with Crippen LogP contribution in [0.1, 0.15) is 19.5 Å². The standard InChI is InChI=1S/C7H8F2N2O3S.C2H6/c1-4-3-5(14-6(8)9)11-7(10-4)15(2,12)13;1-2/h3,6H,1-2H3;1-2H3. The van der Waals surface area contributed by atoms with Gasteiger partial charge >= 0.3 is 6.61 Å². The summed E-state index contributed by atoms with van der Waals surface area (Å²) >= 11 is 0. The number of hydrogen-bond donors (Lipinski definition) is 0. The van der Waals surface area contributed by atoms with Gasteiger partial charge in [0.15, 0.2) is 0 Å². The number of hydrogen-bond acceptors (Lipinski definition) is 5. The van der Waals surface area contributed by atoms with Crippen molar-refractivity contribution in [3.8, 4) is 5.88 Å². The molecule has 0 aliphatic rings. The van der Waals surface area contributed by atoms with Crippen molar-refractivity contribution in [3.05, 3.63) is 11.8 Å². The second-order valence-electron chi connectivity index (χ2n) is 2.78. The summed E-state index contributed by atoms with van der Waals surface area (Å²) in [5.41, 5.74) is 0.237. The van der Waals surface area contributed by atoms with Gasteiger partial charge in [-0.05, 0) is 6.92 Å². The van der Waals surface area contributed by atoms with E-state index in [1.165, 1.54) is 6.92 Å². The van der Waals surface area contributed by atoms with Crippen molar-refractivity contribution in [3.63, 3.8) is 0 Å². The smallest absolute Gasteiger partial charge is 0.388 e. The van der Waals surface area contributed by atoms with Crippen LogP contribution in [0, 0.1) is 6.92 Å². The first-order chi connectivity index (χ1) is 7.79.